The molecular formula is C17H26N2O2. The van der Waals surface area contributed by atoms with Gasteiger partial charge in [0.25, 0.3) is 0 Å². The Hall–Kier alpha value is -1.55. The number of rotatable bonds is 10. The third kappa shape index (κ3) is 5.76. The molecule has 0 spiro atoms. The number of hydrogen-bond acceptors (Lipinski definition) is 3. The van der Waals surface area contributed by atoms with Gasteiger partial charge < -0.3 is 15.4 Å². The first-order valence-electron chi connectivity index (χ1n) is 7.99. The van der Waals surface area contributed by atoms with E-state index in [1.165, 1.54) is 0 Å². The zero-order valence-corrected chi connectivity index (χ0v) is 12.8. The number of unbranched alkanes of at least 4 members (excludes halogenated alkanes) is 1. The topological polar surface area (TPSA) is 50.4 Å². The van der Waals surface area contributed by atoms with Gasteiger partial charge in [0, 0.05) is 25.4 Å². The average Bonchev–Trinajstić information content (AvgIpc) is 3.28. The molecule has 1 aromatic carbocycles. The van der Waals surface area contributed by atoms with Crippen LogP contribution in [0.4, 0.5) is 5.69 Å². The molecule has 0 saturated heterocycles. The molecule has 0 aliphatic heterocycles. The summed E-state index contributed by atoms with van der Waals surface area (Å²) >= 11 is 0. The molecule has 4 nitrogen and oxygen atoms in total. The normalized spacial score (nSPS) is 20.0. The Balaban J connectivity index is 1.48. The smallest absolute Gasteiger partial charge is 0.225 e. The number of nitrogens with one attached hydrogen (secondary N) is 2. The van der Waals surface area contributed by atoms with Crippen molar-refractivity contribution in [3.8, 4) is 0 Å². The lowest BCUT2D eigenvalue weighted by molar-refractivity contribution is -0.123. The van der Waals surface area contributed by atoms with Crippen LogP contribution in [0.15, 0.2) is 30.3 Å². The molecule has 0 heterocycles. The van der Waals surface area contributed by atoms with Crippen molar-refractivity contribution in [1.29, 1.82) is 0 Å². The zero-order valence-electron chi connectivity index (χ0n) is 12.8. The van der Waals surface area contributed by atoms with E-state index in [-0.39, 0.29) is 17.9 Å². The van der Waals surface area contributed by atoms with E-state index in [0.717, 1.165) is 44.5 Å². The van der Waals surface area contributed by atoms with Gasteiger partial charge in [-0.1, -0.05) is 31.5 Å². The molecule has 2 atom stereocenters. The third-order valence-corrected chi connectivity index (χ3v) is 3.65. The van der Waals surface area contributed by atoms with Gasteiger partial charge >= 0.3 is 0 Å². The monoisotopic (exact) mass is 290 g/mol. The molecule has 0 unspecified atom stereocenters. The maximum absolute atomic E-state index is 11.8. The Morgan fingerprint density at radius 1 is 1.24 bits per heavy atom. The van der Waals surface area contributed by atoms with Crippen LogP contribution in [0.1, 0.15) is 32.6 Å². The highest BCUT2D eigenvalue weighted by molar-refractivity contribution is 5.81. The van der Waals surface area contributed by atoms with Crippen LogP contribution in [-0.4, -0.2) is 31.7 Å². The molecule has 2 N–H and O–H groups in total. The summed E-state index contributed by atoms with van der Waals surface area (Å²) in [5.41, 5.74) is 1.14. The fraction of sp³-hybridized carbons (Fsp3) is 0.588. The predicted octanol–water partition coefficient (Wildman–Crippen LogP) is 2.81. The fourth-order valence-electron chi connectivity index (χ4n) is 2.25. The van der Waals surface area contributed by atoms with E-state index >= 15 is 0 Å². The summed E-state index contributed by atoms with van der Waals surface area (Å²) < 4.78 is 5.73. The molecule has 1 aromatic rings. The molecule has 1 aliphatic rings. The minimum Gasteiger partial charge on any atom is -0.385 e. The summed E-state index contributed by atoms with van der Waals surface area (Å²) in [6.07, 6.45) is 4.14. The van der Waals surface area contributed by atoms with Gasteiger partial charge in [-0.3, -0.25) is 4.79 Å². The second-order valence-corrected chi connectivity index (χ2v) is 5.54. The van der Waals surface area contributed by atoms with E-state index in [4.69, 9.17) is 4.74 Å². The van der Waals surface area contributed by atoms with Crippen molar-refractivity contribution in [1.82, 2.24) is 5.32 Å². The molecule has 1 saturated carbocycles. The van der Waals surface area contributed by atoms with Crippen molar-refractivity contribution >= 4 is 11.6 Å². The van der Waals surface area contributed by atoms with Crippen LogP contribution in [-0.2, 0) is 9.53 Å². The van der Waals surface area contributed by atoms with Crippen LogP contribution in [0, 0.1) is 5.92 Å². The van der Waals surface area contributed by atoms with Crippen LogP contribution < -0.4 is 10.6 Å². The van der Waals surface area contributed by atoms with Gasteiger partial charge in [0.1, 0.15) is 0 Å². The van der Waals surface area contributed by atoms with Gasteiger partial charge in [-0.25, -0.2) is 0 Å². The van der Waals surface area contributed by atoms with Crippen LogP contribution in [0.25, 0.3) is 0 Å². The summed E-state index contributed by atoms with van der Waals surface area (Å²) in [6.45, 7) is 4.52. The Bertz CT molecular complexity index is 422. The average molecular weight is 290 g/mol. The number of carbonyl (C=O) groups excluding carboxylic acids is 1. The predicted molar refractivity (Wildman–Crippen MR) is 85.3 cm³/mol. The summed E-state index contributed by atoms with van der Waals surface area (Å²) in [7, 11) is 0. The van der Waals surface area contributed by atoms with Crippen molar-refractivity contribution < 1.29 is 9.53 Å². The van der Waals surface area contributed by atoms with Gasteiger partial charge in [-0.05, 0) is 31.4 Å². The van der Waals surface area contributed by atoms with Crippen LogP contribution >= 0.6 is 0 Å². The van der Waals surface area contributed by atoms with Crippen LogP contribution in [0.2, 0.25) is 0 Å². The summed E-state index contributed by atoms with van der Waals surface area (Å²) in [5, 5.41) is 6.32. The molecule has 1 fully saturated rings. The molecule has 1 aliphatic carbocycles. The molecule has 0 aromatic heterocycles. The number of carbonyl (C=O) groups is 1. The maximum Gasteiger partial charge on any atom is 0.225 e. The second-order valence-electron chi connectivity index (χ2n) is 5.54. The number of anilines is 1. The van der Waals surface area contributed by atoms with Crippen LogP contribution in [0.3, 0.4) is 0 Å². The molecule has 4 heteroatoms. The van der Waals surface area contributed by atoms with Crippen molar-refractivity contribution in [2.75, 3.05) is 25.0 Å². The van der Waals surface area contributed by atoms with Crippen molar-refractivity contribution in [2.24, 2.45) is 5.92 Å². The van der Waals surface area contributed by atoms with Gasteiger partial charge in [0.2, 0.25) is 5.91 Å². The van der Waals surface area contributed by atoms with Crippen molar-refractivity contribution in [3.63, 3.8) is 0 Å². The lowest BCUT2D eigenvalue weighted by atomic mass is 10.3. The number of hydrogen-bond donors (Lipinski definition) is 2. The van der Waals surface area contributed by atoms with Gasteiger partial charge in [-0.2, -0.15) is 0 Å². The number of ether oxygens (including phenoxy) is 1. The van der Waals surface area contributed by atoms with E-state index in [9.17, 15) is 4.79 Å². The Labute approximate surface area is 127 Å². The molecule has 116 valence electrons. The Morgan fingerprint density at radius 2 is 2.05 bits per heavy atom. The molecular weight excluding hydrogens is 264 g/mol. The lowest BCUT2D eigenvalue weighted by Gasteiger charge is -2.07. The van der Waals surface area contributed by atoms with E-state index in [1.54, 1.807) is 0 Å². The van der Waals surface area contributed by atoms with E-state index in [1.807, 2.05) is 18.2 Å². The quantitative estimate of drug-likeness (QED) is 0.652. The van der Waals surface area contributed by atoms with E-state index in [0.29, 0.717) is 6.61 Å². The SMILES string of the molecule is CCCCNC(=O)[C@@H]1C[C@H]1OCCCNc1ccccc1. The molecule has 0 bridgehead atoms. The summed E-state index contributed by atoms with van der Waals surface area (Å²) in [5.74, 6) is 0.250. The van der Waals surface area contributed by atoms with E-state index in [2.05, 4.69) is 29.7 Å². The molecule has 2 rings (SSSR count). The first-order valence-corrected chi connectivity index (χ1v) is 7.99. The second kappa shape index (κ2) is 8.67. The van der Waals surface area contributed by atoms with Gasteiger partial charge in [-0.15, -0.1) is 0 Å². The Morgan fingerprint density at radius 3 is 2.81 bits per heavy atom. The fourth-order valence-corrected chi connectivity index (χ4v) is 2.25. The van der Waals surface area contributed by atoms with Crippen LogP contribution in [0.5, 0.6) is 0 Å². The molecule has 1 amide bonds. The third-order valence-electron chi connectivity index (χ3n) is 3.65. The summed E-state index contributed by atoms with van der Waals surface area (Å²) in [4.78, 5) is 11.8. The first-order chi connectivity index (χ1) is 10.3. The number of para-hydroxylation sites is 1. The van der Waals surface area contributed by atoms with Gasteiger partial charge in [0.15, 0.2) is 0 Å². The maximum atomic E-state index is 11.8. The lowest BCUT2D eigenvalue weighted by Crippen LogP contribution is -2.27. The number of benzene rings is 1. The van der Waals surface area contributed by atoms with Crippen molar-refractivity contribution in [2.45, 2.75) is 38.7 Å². The minimum absolute atomic E-state index is 0.0870. The largest absolute Gasteiger partial charge is 0.385 e. The Kier molecular flexibility index (Phi) is 6.54. The first kappa shape index (κ1) is 15.8. The minimum atomic E-state index is 0.0870. The highest BCUT2D eigenvalue weighted by atomic mass is 16.5. The number of amides is 1. The molecule has 21 heavy (non-hydrogen) atoms. The highest BCUT2D eigenvalue weighted by Crippen LogP contribution is 2.33. The van der Waals surface area contributed by atoms with E-state index < -0.39 is 0 Å². The van der Waals surface area contributed by atoms with Crippen molar-refractivity contribution in [3.05, 3.63) is 30.3 Å². The van der Waals surface area contributed by atoms with Gasteiger partial charge in [0.05, 0.1) is 12.0 Å². The molecule has 0 radical (unpaired) electrons. The summed E-state index contributed by atoms with van der Waals surface area (Å²) in [6, 6.07) is 10.2. The zero-order chi connectivity index (χ0) is 14.9. The standard InChI is InChI=1S/C17H26N2O2/c1-2-3-10-19-17(20)15-13-16(15)21-12-7-11-18-14-8-5-4-6-9-14/h4-6,8-9,15-16,18H,2-3,7,10-13H2,1H3,(H,19,20)/t15-,16-/m1/s1. The highest BCUT2D eigenvalue weighted by Gasteiger charge is 2.43.